The first kappa shape index (κ1) is 12.0. The molecule has 0 radical (unpaired) electrons. The number of aryl methyl sites for hydroxylation is 1. The van der Waals surface area contributed by atoms with E-state index in [2.05, 4.69) is 15.0 Å². The third kappa shape index (κ3) is 2.45. The molecule has 3 N–H and O–H groups in total. The van der Waals surface area contributed by atoms with Gasteiger partial charge in [-0.2, -0.15) is 4.37 Å². The molecule has 7 heteroatoms. The standard InChI is InChI=1S/C10H13N3O3S/c1-5-7(10(15)16)9(17-13-5)12-8(14)6-3-2-4-11-6/h6,11H,2-4H2,1H3,(H,12,14)(H,15,16). The van der Waals surface area contributed by atoms with Gasteiger partial charge in [-0.05, 0) is 37.8 Å². The molecule has 0 bridgehead atoms. The molecule has 1 unspecified atom stereocenters. The highest BCUT2D eigenvalue weighted by Crippen LogP contribution is 2.24. The summed E-state index contributed by atoms with van der Waals surface area (Å²) in [5, 5.41) is 15.0. The summed E-state index contributed by atoms with van der Waals surface area (Å²) in [5.74, 6) is -1.25. The summed E-state index contributed by atoms with van der Waals surface area (Å²) in [5.41, 5.74) is 0.513. The van der Waals surface area contributed by atoms with Crippen LogP contribution in [0, 0.1) is 6.92 Å². The molecule has 1 fully saturated rings. The minimum Gasteiger partial charge on any atom is -0.478 e. The molecule has 0 aliphatic carbocycles. The fourth-order valence-electron chi connectivity index (χ4n) is 1.81. The summed E-state index contributed by atoms with van der Waals surface area (Å²) in [6.07, 6.45) is 1.75. The van der Waals surface area contributed by atoms with Crippen LogP contribution in [0.2, 0.25) is 0 Å². The summed E-state index contributed by atoms with van der Waals surface area (Å²) < 4.78 is 3.94. The number of hydrogen-bond donors (Lipinski definition) is 3. The van der Waals surface area contributed by atoms with Gasteiger partial charge in [0, 0.05) is 0 Å². The first-order chi connectivity index (χ1) is 8.09. The van der Waals surface area contributed by atoms with E-state index in [0.717, 1.165) is 30.9 Å². The van der Waals surface area contributed by atoms with Crippen LogP contribution in [-0.4, -0.2) is 33.9 Å². The minimum absolute atomic E-state index is 0.0846. The van der Waals surface area contributed by atoms with Crippen LogP contribution in [0.15, 0.2) is 0 Å². The maximum absolute atomic E-state index is 11.8. The van der Waals surface area contributed by atoms with E-state index in [9.17, 15) is 9.59 Å². The van der Waals surface area contributed by atoms with Crippen molar-refractivity contribution in [1.82, 2.24) is 9.69 Å². The molecule has 92 valence electrons. The molecule has 1 aromatic rings. The van der Waals surface area contributed by atoms with E-state index in [1.54, 1.807) is 6.92 Å². The van der Waals surface area contributed by atoms with Gasteiger partial charge in [-0.3, -0.25) is 4.79 Å². The normalized spacial score (nSPS) is 19.2. The van der Waals surface area contributed by atoms with Gasteiger partial charge in [-0.25, -0.2) is 4.79 Å². The Morgan fingerprint density at radius 3 is 2.94 bits per heavy atom. The Bertz CT molecular complexity index is 452. The van der Waals surface area contributed by atoms with Crippen LogP contribution in [-0.2, 0) is 4.79 Å². The maximum atomic E-state index is 11.8. The Kier molecular flexibility index (Phi) is 3.39. The highest BCUT2D eigenvalue weighted by Gasteiger charge is 2.25. The third-order valence-corrected chi connectivity index (χ3v) is 3.54. The van der Waals surface area contributed by atoms with Crippen LogP contribution in [0.4, 0.5) is 5.00 Å². The molecule has 6 nitrogen and oxygen atoms in total. The maximum Gasteiger partial charge on any atom is 0.340 e. The minimum atomic E-state index is -1.06. The summed E-state index contributed by atoms with van der Waals surface area (Å²) in [7, 11) is 0. The molecular formula is C10H13N3O3S. The second-order valence-corrected chi connectivity index (χ2v) is 4.69. The van der Waals surface area contributed by atoms with E-state index < -0.39 is 5.97 Å². The SMILES string of the molecule is Cc1nsc(NC(=O)C2CCCN2)c1C(=O)O. The van der Waals surface area contributed by atoms with Crippen molar-refractivity contribution in [3.05, 3.63) is 11.3 Å². The average Bonchev–Trinajstić information content (AvgIpc) is 2.87. The molecule has 17 heavy (non-hydrogen) atoms. The number of nitrogens with zero attached hydrogens (tertiary/aromatic N) is 1. The number of anilines is 1. The van der Waals surface area contributed by atoms with E-state index in [4.69, 9.17) is 5.11 Å². The lowest BCUT2D eigenvalue weighted by Gasteiger charge is -2.09. The number of carbonyl (C=O) groups excluding carboxylic acids is 1. The van der Waals surface area contributed by atoms with Gasteiger partial charge >= 0.3 is 5.97 Å². The number of carboxylic acids is 1. The molecule has 1 amide bonds. The number of rotatable bonds is 3. The van der Waals surface area contributed by atoms with Gasteiger partial charge in [0.1, 0.15) is 10.6 Å². The number of aromatic nitrogens is 1. The number of amides is 1. The summed E-state index contributed by atoms with van der Waals surface area (Å²) >= 11 is 1.00. The second-order valence-electron chi connectivity index (χ2n) is 3.92. The summed E-state index contributed by atoms with van der Waals surface area (Å²) in [6.45, 7) is 2.44. The fraction of sp³-hybridized carbons (Fsp3) is 0.500. The van der Waals surface area contributed by atoms with Crippen LogP contribution in [0.5, 0.6) is 0 Å². The first-order valence-electron chi connectivity index (χ1n) is 5.33. The van der Waals surface area contributed by atoms with Crippen molar-refractivity contribution in [2.45, 2.75) is 25.8 Å². The first-order valence-corrected chi connectivity index (χ1v) is 6.10. The van der Waals surface area contributed by atoms with Gasteiger partial charge in [0.05, 0.1) is 11.7 Å². The van der Waals surface area contributed by atoms with Crippen molar-refractivity contribution >= 4 is 28.4 Å². The van der Waals surface area contributed by atoms with Crippen LogP contribution < -0.4 is 10.6 Å². The zero-order valence-electron chi connectivity index (χ0n) is 9.32. The topological polar surface area (TPSA) is 91.3 Å². The molecule has 1 atom stereocenters. The predicted octanol–water partition coefficient (Wildman–Crippen LogP) is 0.840. The van der Waals surface area contributed by atoms with E-state index in [1.807, 2.05) is 0 Å². The van der Waals surface area contributed by atoms with Crippen LogP contribution in [0.25, 0.3) is 0 Å². The molecule has 0 saturated carbocycles. The molecule has 0 spiro atoms. The lowest BCUT2D eigenvalue weighted by molar-refractivity contribution is -0.117. The molecule has 1 aliphatic heterocycles. The molecule has 1 saturated heterocycles. The van der Waals surface area contributed by atoms with Gasteiger partial charge in [-0.15, -0.1) is 0 Å². The third-order valence-electron chi connectivity index (χ3n) is 2.69. The van der Waals surface area contributed by atoms with Gasteiger partial charge in [-0.1, -0.05) is 0 Å². The van der Waals surface area contributed by atoms with Crippen LogP contribution >= 0.6 is 11.5 Å². The average molecular weight is 255 g/mol. The van der Waals surface area contributed by atoms with Crippen molar-refractivity contribution in [2.24, 2.45) is 0 Å². The Balaban J connectivity index is 2.13. The predicted molar refractivity (Wildman–Crippen MR) is 63.5 cm³/mol. The van der Waals surface area contributed by atoms with Crippen molar-refractivity contribution in [2.75, 3.05) is 11.9 Å². The number of carbonyl (C=O) groups is 2. The van der Waals surface area contributed by atoms with Gasteiger partial charge < -0.3 is 15.7 Å². The Labute approximate surface area is 102 Å². The number of nitrogens with one attached hydrogen (secondary N) is 2. The van der Waals surface area contributed by atoms with Gasteiger partial charge in [0.15, 0.2) is 0 Å². The van der Waals surface area contributed by atoms with E-state index in [0.29, 0.717) is 10.7 Å². The smallest absolute Gasteiger partial charge is 0.340 e. The zero-order chi connectivity index (χ0) is 12.4. The van der Waals surface area contributed by atoms with Gasteiger partial charge in [0.25, 0.3) is 0 Å². The van der Waals surface area contributed by atoms with E-state index in [1.165, 1.54) is 0 Å². The largest absolute Gasteiger partial charge is 0.478 e. The lowest BCUT2D eigenvalue weighted by Crippen LogP contribution is -2.35. The quantitative estimate of drug-likeness (QED) is 0.744. The number of hydrogen-bond acceptors (Lipinski definition) is 5. The van der Waals surface area contributed by atoms with E-state index in [-0.39, 0.29) is 17.5 Å². The summed E-state index contributed by atoms with van der Waals surface area (Å²) in [4.78, 5) is 22.8. The van der Waals surface area contributed by atoms with Crippen LogP contribution in [0.1, 0.15) is 28.9 Å². The molecule has 2 heterocycles. The van der Waals surface area contributed by atoms with Crippen LogP contribution in [0.3, 0.4) is 0 Å². The highest BCUT2D eigenvalue weighted by molar-refractivity contribution is 7.11. The molecule has 2 rings (SSSR count). The van der Waals surface area contributed by atoms with Crippen molar-refractivity contribution < 1.29 is 14.7 Å². The molecule has 1 aromatic heterocycles. The zero-order valence-corrected chi connectivity index (χ0v) is 10.1. The van der Waals surface area contributed by atoms with Crippen molar-refractivity contribution in [3.8, 4) is 0 Å². The second kappa shape index (κ2) is 4.80. The molecule has 0 aromatic carbocycles. The highest BCUT2D eigenvalue weighted by atomic mass is 32.1. The lowest BCUT2D eigenvalue weighted by atomic mass is 10.2. The van der Waals surface area contributed by atoms with Crippen molar-refractivity contribution in [1.29, 1.82) is 0 Å². The van der Waals surface area contributed by atoms with E-state index >= 15 is 0 Å². The van der Waals surface area contributed by atoms with Gasteiger partial charge in [0.2, 0.25) is 5.91 Å². The Morgan fingerprint density at radius 2 is 2.35 bits per heavy atom. The monoisotopic (exact) mass is 255 g/mol. The Morgan fingerprint density at radius 1 is 1.59 bits per heavy atom. The van der Waals surface area contributed by atoms with Crippen molar-refractivity contribution in [3.63, 3.8) is 0 Å². The fourth-order valence-corrected chi connectivity index (χ4v) is 2.61. The number of aromatic carboxylic acids is 1. The number of carboxylic acid groups (broad SMARTS) is 1. The molecule has 1 aliphatic rings. The molecular weight excluding hydrogens is 242 g/mol. The summed E-state index contributed by atoms with van der Waals surface area (Å²) in [6, 6.07) is -0.223. The Hall–Kier alpha value is -1.47.